The molecule has 0 saturated heterocycles. The molecule has 0 unspecified atom stereocenters. The lowest BCUT2D eigenvalue weighted by molar-refractivity contribution is -0.137. The molecule has 0 atom stereocenters. The summed E-state index contributed by atoms with van der Waals surface area (Å²) in [5, 5.41) is 31.5. The highest BCUT2D eigenvalue weighted by atomic mass is 19.4. The maximum Gasteiger partial charge on any atom is 0.416 e. The van der Waals surface area contributed by atoms with Gasteiger partial charge >= 0.3 is 6.18 Å². The maximum atomic E-state index is 13.4. The third kappa shape index (κ3) is 7.74. The van der Waals surface area contributed by atoms with Crippen molar-refractivity contribution in [2.75, 3.05) is 5.73 Å². The second-order valence-corrected chi connectivity index (χ2v) is 13.6. The quantitative estimate of drug-likeness (QED) is 0.0782. The molecular weight excluding hydrogens is 577 g/mol. The predicted molar refractivity (Wildman–Crippen MR) is 175 cm³/mol. The number of alkyl halides is 3. The van der Waals surface area contributed by atoms with Gasteiger partial charge in [-0.15, -0.1) is 15.0 Å². The van der Waals surface area contributed by atoms with E-state index in [4.69, 9.17) is 5.73 Å². The molecule has 9 heteroatoms. The van der Waals surface area contributed by atoms with Gasteiger partial charge in [-0.1, -0.05) is 92.2 Å². The predicted octanol–water partition coefficient (Wildman–Crippen LogP) is 9.74. The van der Waals surface area contributed by atoms with E-state index in [-0.39, 0.29) is 51.2 Å². The number of unbranched alkanes of at least 4 members (excludes halogenated alkanes) is 4. The maximum absolute atomic E-state index is 13.4. The van der Waals surface area contributed by atoms with E-state index in [1.807, 2.05) is 24.3 Å². The molecule has 0 amide bonds. The Hall–Kier alpha value is -3.75. The van der Waals surface area contributed by atoms with E-state index in [1.165, 1.54) is 10.9 Å². The number of nitrogen functional groups attached to an aromatic ring is 1. The van der Waals surface area contributed by atoms with E-state index in [2.05, 4.69) is 51.7 Å². The average molecular weight is 625 g/mol. The van der Waals surface area contributed by atoms with Gasteiger partial charge in [0, 0.05) is 17.5 Å². The van der Waals surface area contributed by atoms with Gasteiger partial charge < -0.3 is 15.9 Å². The van der Waals surface area contributed by atoms with Crippen molar-refractivity contribution < 1.29 is 23.4 Å². The summed E-state index contributed by atoms with van der Waals surface area (Å²) in [4.78, 5) is 1.21. The number of halogens is 3. The minimum absolute atomic E-state index is 0.0284. The lowest BCUT2D eigenvalue weighted by atomic mass is 9.77. The summed E-state index contributed by atoms with van der Waals surface area (Å²) in [6.07, 6.45) is 4.06. The summed E-state index contributed by atoms with van der Waals surface area (Å²) in [6, 6.07) is 10.8. The number of hydrogen-bond donors (Lipinski definition) is 3. The number of rotatable bonds is 13. The molecule has 45 heavy (non-hydrogen) atoms. The molecule has 0 saturated carbocycles. The van der Waals surface area contributed by atoms with Crippen LogP contribution in [0, 0.1) is 0 Å². The Labute approximate surface area is 264 Å². The van der Waals surface area contributed by atoms with Gasteiger partial charge in [0.1, 0.15) is 28.2 Å². The summed E-state index contributed by atoms with van der Waals surface area (Å²) in [5.41, 5.74) is 9.02. The monoisotopic (exact) mass is 624 g/mol. The van der Waals surface area contributed by atoms with Crippen LogP contribution in [-0.4, -0.2) is 25.2 Å². The van der Waals surface area contributed by atoms with Crippen molar-refractivity contribution in [1.29, 1.82) is 0 Å². The van der Waals surface area contributed by atoms with Crippen molar-refractivity contribution in [3.63, 3.8) is 0 Å². The molecule has 0 aliphatic carbocycles. The number of nitrogens with zero attached hydrogens (tertiary/aromatic N) is 3. The molecule has 4 rings (SSSR count). The molecule has 1 heterocycles. The van der Waals surface area contributed by atoms with Gasteiger partial charge in [-0.3, -0.25) is 0 Å². The molecule has 244 valence electrons. The normalized spacial score (nSPS) is 12.7. The van der Waals surface area contributed by atoms with Gasteiger partial charge in [0.05, 0.1) is 11.3 Å². The van der Waals surface area contributed by atoms with Gasteiger partial charge in [0.15, 0.2) is 0 Å². The minimum Gasteiger partial charge on any atom is -0.505 e. The molecule has 4 N–H and O–H groups in total. The summed E-state index contributed by atoms with van der Waals surface area (Å²) in [5.74, 6) is -0.135. The van der Waals surface area contributed by atoms with Crippen molar-refractivity contribution in [3.8, 4) is 17.2 Å². The molecule has 4 aromatic rings. The average Bonchev–Trinajstić information content (AvgIpc) is 3.39. The summed E-state index contributed by atoms with van der Waals surface area (Å²) >= 11 is 0. The largest absolute Gasteiger partial charge is 0.505 e. The Morgan fingerprint density at radius 1 is 0.689 bits per heavy atom. The number of nitrogens with two attached hydrogens (primary N) is 1. The zero-order chi connectivity index (χ0) is 33.2. The summed E-state index contributed by atoms with van der Waals surface area (Å²) in [7, 11) is 0. The number of benzene rings is 3. The van der Waals surface area contributed by atoms with E-state index in [9.17, 15) is 23.4 Å². The van der Waals surface area contributed by atoms with Crippen LogP contribution in [0.25, 0.3) is 16.7 Å². The van der Waals surface area contributed by atoms with Crippen LogP contribution in [0.15, 0.2) is 42.5 Å². The number of phenolic OH excluding ortho intramolecular Hbond substituents is 2. The van der Waals surface area contributed by atoms with Gasteiger partial charge in [0.2, 0.25) is 0 Å². The van der Waals surface area contributed by atoms with E-state index < -0.39 is 11.7 Å². The Morgan fingerprint density at radius 2 is 1.22 bits per heavy atom. The molecule has 6 nitrogen and oxygen atoms in total. The fourth-order valence-electron chi connectivity index (χ4n) is 5.93. The molecular formula is C36H47F3N4O2. The van der Waals surface area contributed by atoms with E-state index in [0.29, 0.717) is 11.1 Å². The van der Waals surface area contributed by atoms with Gasteiger partial charge in [-0.25, -0.2) is 0 Å². The molecule has 0 fully saturated rings. The first-order chi connectivity index (χ1) is 21.1. The zero-order valence-corrected chi connectivity index (χ0v) is 27.4. The van der Waals surface area contributed by atoms with Crippen LogP contribution >= 0.6 is 0 Å². The summed E-state index contributed by atoms with van der Waals surface area (Å²) < 4.78 is 40.2. The molecule has 0 aliphatic heterocycles. The van der Waals surface area contributed by atoms with Crippen LogP contribution in [0.4, 0.5) is 18.9 Å². The number of anilines is 1. The zero-order valence-electron chi connectivity index (χ0n) is 27.4. The first-order valence-electron chi connectivity index (χ1n) is 16.0. The highest BCUT2D eigenvalue weighted by Crippen LogP contribution is 2.41. The Kier molecular flexibility index (Phi) is 10.1. The number of phenols is 2. The second kappa shape index (κ2) is 13.3. The third-order valence-electron chi connectivity index (χ3n) is 9.06. The van der Waals surface area contributed by atoms with Gasteiger partial charge in [-0.05, 0) is 65.1 Å². The Morgan fingerprint density at radius 3 is 1.78 bits per heavy atom. The molecule has 0 bridgehead atoms. The standard InChI is InChI=1S/C36H47F3N4O2/c1-7-9-11-15-34(3,4)26-18-23(32(44)28(40)20-26)17-24-19-27(35(5,6)16-12-10-8-2)22-31(33(24)45)43-41-29-14-13-25(36(37,38)39)21-30(29)42-43/h13-14,18-22,44-45H,7-12,15-17,40H2,1-6H3. The highest BCUT2D eigenvalue weighted by Gasteiger charge is 2.31. The smallest absolute Gasteiger partial charge is 0.416 e. The van der Waals surface area contributed by atoms with Crippen molar-refractivity contribution in [2.24, 2.45) is 0 Å². The molecule has 0 spiro atoms. The van der Waals surface area contributed by atoms with Crippen molar-refractivity contribution in [1.82, 2.24) is 15.0 Å². The first-order valence-corrected chi connectivity index (χ1v) is 16.0. The molecule has 3 aromatic carbocycles. The van der Waals surface area contributed by atoms with Crippen LogP contribution in [0.5, 0.6) is 11.5 Å². The van der Waals surface area contributed by atoms with Crippen LogP contribution in [-0.2, 0) is 23.4 Å². The lowest BCUT2D eigenvalue weighted by Gasteiger charge is -2.28. The fourth-order valence-corrected chi connectivity index (χ4v) is 5.93. The highest BCUT2D eigenvalue weighted by molar-refractivity contribution is 5.75. The van der Waals surface area contributed by atoms with Gasteiger partial charge in [0.25, 0.3) is 0 Å². The molecule has 0 radical (unpaired) electrons. The van der Waals surface area contributed by atoms with Crippen molar-refractivity contribution in [3.05, 3.63) is 70.3 Å². The lowest BCUT2D eigenvalue weighted by Crippen LogP contribution is -2.19. The van der Waals surface area contributed by atoms with E-state index in [1.54, 1.807) is 0 Å². The third-order valence-corrected chi connectivity index (χ3v) is 9.06. The SMILES string of the molecule is CCCCCC(C)(C)c1cc(N)c(O)c(Cc2cc(C(C)(C)CCCCC)cc(-n3nc4ccc(C(F)(F)F)cc4n3)c2O)c1. The van der Waals surface area contributed by atoms with Gasteiger partial charge in [-0.2, -0.15) is 13.2 Å². The van der Waals surface area contributed by atoms with Crippen LogP contribution in [0.2, 0.25) is 0 Å². The minimum atomic E-state index is -4.52. The summed E-state index contributed by atoms with van der Waals surface area (Å²) in [6.45, 7) is 12.9. The fraction of sp³-hybridized carbons (Fsp3) is 0.500. The van der Waals surface area contributed by atoms with Crippen molar-refractivity contribution >= 4 is 16.7 Å². The first kappa shape index (κ1) is 34.1. The van der Waals surface area contributed by atoms with E-state index in [0.717, 1.165) is 74.6 Å². The number of aromatic hydroxyl groups is 2. The van der Waals surface area contributed by atoms with Crippen LogP contribution in [0.3, 0.4) is 0 Å². The molecule has 1 aromatic heterocycles. The number of hydrogen-bond acceptors (Lipinski definition) is 5. The van der Waals surface area contributed by atoms with Crippen LogP contribution < -0.4 is 5.73 Å². The molecule has 0 aliphatic rings. The Bertz CT molecular complexity index is 1640. The van der Waals surface area contributed by atoms with Crippen LogP contribution in [0.1, 0.15) is 121 Å². The second-order valence-electron chi connectivity index (χ2n) is 13.6. The number of aromatic nitrogens is 3. The van der Waals surface area contributed by atoms with Crippen molar-refractivity contribution in [2.45, 2.75) is 116 Å². The number of fused-ring (bicyclic) bond motifs is 1. The van der Waals surface area contributed by atoms with E-state index >= 15 is 0 Å². The topological polar surface area (TPSA) is 97.2 Å². The Balaban J connectivity index is 1.84.